The van der Waals surface area contributed by atoms with Gasteiger partial charge in [0.2, 0.25) is 5.91 Å². The van der Waals surface area contributed by atoms with E-state index >= 15 is 0 Å². The van der Waals surface area contributed by atoms with Crippen molar-refractivity contribution in [3.63, 3.8) is 0 Å². The number of hydrogen-bond acceptors (Lipinski definition) is 4. The number of aromatic nitrogens is 1. The van der Waals surface area contributed by atoms with E-state index in [2.05, 4.69) is 15.6 Å². The van der Waals surface area contributed by atoms with Crippen LogP contribution in [0.3, 0.4) is 0 Å². The van der Waals surface area contributed by atoms with Crippen molar-refractivity contribution in [2.45, 2.75) is 6.04 Å². The van der Waals surface area contributed by atoms with Gasteiger partial charge >= 0.3 is 0 Å². The van der Waals surface area contributed by atoms with Crippen molar-refractivity contribution in [2.75, 3.05) is 19.0 Å². The number of aliphatic hydroxyl groups excluding tert-OH is 1. The Morgan fingerprint density at radius 1 is 1.15 bits per heavy atom. The fourth-order valence-electron chi connectivity index (χ4n) is 2.53. The van der Waals surface area contributed by atoms with E-state index in [1.807, 2.05) is 24.3 Å². The molecule has 7 nitrogen and oxygen atoms in total. The molecule has 0 fully saturated rings. The van der Waals surface area contributed by atoms with Crippen molar-refractivity contribution < 1.29 is 19.4 Å². The molecule has 1 aromatic heterocycles. The first-order valence-electron chi connectivity index (χ1n) is 8.05. The summed E-state index contributed by atoms with van der Waals surface area (Å²) in [7, 11) is 1.55. The molecule has 2 amide bonds. The summed E-state index contributed by atoms with van der Waals surface area (Å²) in [5.74, 6) is -0.318. The van der Waals surface area contributed by atoms with Gasteiger partial charge in [-0.15, -0.1) is 0 Å². The van der Waals surface area contributed by atoms with Crippen LogP contribution in [0.2, 0.25) is 0 Å². The fraction of sp³-hybridized carbons (Fsp3) is 0.158. The van der Waals surface area contributed by atoms with E-state index < -0.39 is 24.5 Å². The number of ether oxygens (including phenoxy) is 1. The van der Waals surface area contributed by atoms with Crippen LogP contribution in [0.5, 0.6) is 5.75 Å². The Labute approximate surface area is 150 Å². The van der Waals surface area contributed by atoms with Crippen LogP contribution in [0.15, 0.2) is 54.6 Å². The number of aliphatic hydroxyl groups is 1. The molecule has 1 atom stereocenters. The van der Waals surface area contributed by atoms with Crippen molar-refractivity contribution in [2.24, 2.45) is 0 Å². The van der Waals surface area contributed by atoms with Crippen LogP contribution in [-0.2, 0) is 4.79 Å². The maximum absolute atomic E-state index is 12.4. The van der Waals surface area contributed by atoms with Crippen molar-refractivity contribution in [3.05, 3.63) is 60.3 Å². The van der Waals surface area contributed by atoms with Crippen LogP contribution >= 0.6 is 0 Å². The number of amides is 2. The van der Waals surface area contributed by atoms with E-state index in [0.29, 0.717) is 17.1 Å². The fourth-order valence-corrected chi connectivity index (χ4v) is 2.53. The van der Waals surface area contributed by atoms with Gasteiger partial charge in [-0.25, -0.2) is 0 Å². The molecule has 0 bridgehead atoms. The SMILES string of the molecule is COc1ccc(NC(=O)[C@H](CO)NC(=O)c2cc3ccccc3[nH]2)cc1. The summed E-state index contributed by atoms with van der Waals surface area (Å²) < 4.78 is 5.06. The van der Waals surface area contributed by atoms with E-state index in [-0.39, 0.29) is 0 Å². The van der Waals surface area contributed by atoms with Crippen LogP contribution < -0.4 is 15.4 Å². The van der Waals surface area contributed by atoms with Gasteiger partial charge in [0, 0.05) is 16.6 Å². The van der Waals surface area contributed by atoms with E-state index in [4.69, 9.17) is 4.74 Å². The van der Waals surface area contributed by atoms with E-state index in [1.54, 1.807) is 37.4 Å². The number of aromatic amines is 1. The molecule has 134 valence electrons. The number of carbonyl (C=O) groups excluding carboxylic acids is 2. The molecule has 3 aromatic rings. The number of fused-ring (bicyclic) bond motifs is 1. The molecule has 0 aliphatic carbocycles. The predicted molar refractivity (Wildman–Crippen MR) is 98.3 cm³/mol. The number of carbonyl (C=O) groups is 2. The van der Waals surface area contributed by atoms with Gasteiger partial charge in [0.05, 0.1) is 13.7 Å². The number of hydrogen-bond donors (Lipinski definition) is 4. The van der Waals surface area contributed by atoms with Gasteiger partial charge in [0.15, 0.2) is 0 Å². The molecule has 0 aliphatic rings. The van der Waals surface area contributed by atoms with Crippen molar-refractivity contribution in [1.29, 1.82) is 0 Å². The molecule has 0 aliphatic heterocycles. The normalized spacial score (nSPS) is 11.8. The zero-order valence-electron chi connectivity index (χ0n) is 14.2. The number of para-hydroxylation sites is 1. The zero-order chi connectivity index (χ0) is 18.5. The molecule has 0 radical (unpaired) electrons. The minimum absolute atomic E-state index is 0.321. The van der Waals surface area contributed by atoms with Crippen molar-refractivity contribution >= 4 is 28.4 Å². The lowest BCUT2D eigenvalue weighted by Gasteiger charge is -2.16. The first-order chi connectivity index (χ1) is 12.6. The molecule has 4 N–H and O–H groups in total. The largest absolute Gasteiger partial charge is 0.497 e. The summed E-state index contributed by atoms with van der Waals surface area (Å²) in [5, 5.41) is 15.6. The minimum Gasteiger partial charge on any atom is -0.497 e. The van der Waals surface area contributed by atoms with Gasteiger partial charge in [-0.1, -0.05) is 18.2 Å². The number of nitrogens with one attached hydrogen (secondary N) is 3. The number of rotatable bonds is 6. The van der Waals surface area contributed by atoms with Crippen LogP contribution in [0.25, 0.3) is 10.9 Å². The summed E-state index contributed by atoms with van der Waals surface area (Å²) in [6, 6.07) is 14.8. The Kier molecular flexibility index (Phi) is 5.19. The summed E-state index contributed by atoms with van der Waals surface area (Å²) in [5.41, 5.74) is 1.68. The summed E-state index contributed by atoms with van der Waals surface area (Å²) in [6.07, 6.45) is 0. The average molecular weight is 353 g/mol. The van der Waals surface area contributed by atoms with Gasteiger partial charge in [-0.2, -0.15) is 0 Å². The van der Waals surface area contributed by atoms with Gasteiger partial charge in [-0.3, -0.25) is 9.59 Å². The highest BCUT2D eigenvalue weighted by atomic mass is 16.5. The highest BCUT2D eigenvalue weighted by Crippen LogP contribution is 2.16. The second-order valence-electron chi connectivity index (χ2n) is 5.70. The molecule has 3 rings (SSSR count). The quantitative estimate of drug-likeness (QED) is 0.543. The zero-order valence-corrected chi connectivity index (χ0v) is 14.2. The monoisotopic (exact) mass is 353 g/mol. The van der Waals surface area contributed by atoms with Gasteiger partial charge in [-0.05, 0) is 36.4 Å². The molecular weight excluding hydrogens is 334 g/mol. The van der Waals surface area contributed by atoms with Crippen LogP contribution in [0, 0.1) is 0 Å². The predicted octanol–water partition coefficient (Wildman–Crippen LogP) is 1.91. The Morgan fingerprint density at radius 2 is 1.88 bits per heavy atom. The molecule has 7 heteroatoms. The van der Waals surface area contributed by atoms with Crippen molar-refractivity contribution in [3.8, 4) is 5.75 Å². The lowest BCUT2D eigenvalue weighted by Crippen LogP contribution is -2.46. The van der Waals surface area contributed by atoms with Gasteiger partial charge in [0.25, 0.3) is 5.91 Å². The highest BCUT2D eigenvalue weighted by molar-refractivity contribution is 6.02. The van der Waals surface area contributed by atoms with E-state index in [9.17, 15) is 14.7 Å². The maximum atomic E-state index is 12.4. The number of benzene rings is 2. The van der Waals surface area contributed by atoms with Crippen LogP contribution in [-0.4, -0.2) is 41.7 Å². The number of anilines is 1. The summed E-state index contributed by atoms with van der Waals surface area (Å²) >= 11 is 0. The highest BCUT2D eigenvalue weighted by Gasteiger charge is 2.21. The smallest absolute Gasteiger partial charge is 0.268 e. The minimum atomic E-state index is -1.07. The Hall–Kier alpha value is -3.32. The topological polar surface area (TPSA) is 103 Å². The van der Waals surface area contributed by atoms with Gasteiger partial charge < -0.3 is 25.5 Å². The molecule has 1 heterocycles. The maximum Gasteiger partial charge on any atom is 0.268 e. The molecule has 2 aromatic carbocycles. The van der Waals surface area contributed by atoms with Crippen molar-refractivity contribution in [1.82, 2.24) is 10.3 Å². The number of H-pyrrole nitrogens is 1. The molecule has 26 heavy (non-hydrogen) atoms. The summed E-state index contributed by atoms with van der Waals surface area (Å²) in [6.45, 7) is -0.520. The molecule has 0 saturated heterocycles. The molecule has 0 spiro atoms. The Balaban J connectivity index is 1.67. The third-order valence-electron chi connectivity index (χ3n) is 3.94. The third kappa shape index (κ3) is 3.84. The molecular formula is C19H19N3O4. The van der Waals surface area contributed by atoms with E-state index in [1.165, 1.54) is 0 Å². The van der Waals surface area contributed by atoms with Crippen LogP contribution in [0.1, 0.15) is 10.5 Å². The summed E-state index contributed by atoms with van der Waals surface area (Å²) in [4.78, 5) is 27.7. The van der Waals surface area contributed by atoms with E-state index in [0.717, 1.165) is 10.9 Å². The molecule has 0 saturated carbocycles. The second kappa shape index (κ2) is 7.71. The first-order valence-corrected chi connectivity index (χ1v) is 8.05. The standard InChI is InChI=1S/C19H19N3O4/c1-26-14-8-6-13(7-9-14)20-19(25)17(11-23)22-18(24)16-10-12-4-2-3-5-15(12)21-16/h2-10,17,21,23H,11H2,1H3,(H,20,25)(H,22,24)/t17-/m0/s1. The molecule has 0 unspecified atom stereocenters. The van der Waals surface area contributed by atoms with Crippen LogP contribution in [0.4, 0.5) is 5.69 Å². The van der Waals surface area contributed by atoms with Gasteiger partial charge in [0.1, 0.15) is 17.5 Å². The lowest BCUT2D eigenvalue weighted by molar-refractivity contribution is -0.118. The number of methoxy groups -OCH3 is 1. The third-order valence-corrected chi connectivity index (χ3v) is 3.94. The Morgan fingerprint density at radius 3 is 2.54 bits per heavy atom. The average Bonchev–Trinajstić information content (AvgIpc) is 3.10. The second-order valence-corrected chi connectivity index (χ2v) is 5.70. The first kappa shape index (κ1) is 17.5. The lowest BCUT2D eigenvalue weighted by atomic mass is 10.2. The Bertz CT molecular complexity index is 885.